The summed E-state index contributed by atoms with van der Waals surface area (Å²) in [6.07, 6.45) is 5.20. The van der Waals surface area contributed by atoms with Crippen molar-refractivity contribution in [2.45, 2.75) is 26.3 Å². The van der Waals surface area contributed by atoms with E-state index in [0.29, 0.717) is 17.4 Å². The summed E-state index contributed by atoms with van der Waals surface area (Å²) in [5.74, 6) is -1.87. The minimum Gasteiger partial charge on any atom is -0.292 e. The molecule has 0 spiro atoms. The minimum atomic E-state index is -1.09. The van der Waals surface area contributed by atoms with Gasteiger partial charge in [0.1, 0.15) is 6.04 Å². The predicted octanol–water partition coefficient (Wildman–Crippen LogP) is 4.33. The SMILES string of the molecule is Cc1ccc(C(=O)[C@H](C)N(C(=O)c2ccccc2Cl)N2C(=O)[C@@H]3[C@H]4C=C[C@@H]([C@@H]5C[C@@H]45)[C@H]3C2=O)cc1. The molecule has 0 N–H and O–H groups in total. The second kappa shape index (κ2) is 7.89. The number of halogens is 1. The van der Waals surface area contributed by atoms with E-state index < -0.39 is 35.6 Å². The summed E-state index contributed by atoms with van der Waals surface area (Å²) < 4.78 is 0. The van der Waals surface area contributed by atoms with Crippen molar-refractivity contribution < 1.29 is 19.2 Å². The molecule has 1 aliphatic heterocycles. The van der Waals surface area contributed by atoms with Crippen LogP contribution in [0.15, 0.2) is 60.7 Å². The Labute approximate surface area is 208 Å². The fourth-order valence-corrected chi connectivity index (χ4v) is 6.64. The van der Waals surface area contributed by atoms with Gasteiger partial charge >= 0.3 is 0 Å². The van der Waals surface area contributed by atoms with Crippen LogP contribution in [-0.2, 0) is 9.59 Å². The molecular weight excluding hydrogens is 464 g/mol. The van der Waals surface area contributed by atoms with Crippen molar-refractivity contribution in [3.05, 3.63) is 82.4 Å². The Morgan fingerprint density at radius 1 is 0.943 bits per heavy atom. The zero-order valence-corrected chi connectivity index (χ0v) is 20.2. The number of ketones is 1. The second-order valence-corrected chi connectivity index (χ2v) is 10.6. The Hall–Kier alpha value is -3.25. The van der Waals surface area contributed by atoms with Crippen LogP contribution >= 0.6 is 11.6 Å². The molecular formula is C28H25ClN2O4. The van der Waals surface area contributed by atoms with Crippen molar-refractivity contribution in [1.29, 1.82) is 0 Å². The summed E-state index contributed by atoms with van der Waals surface area (Å²) in [6.45, 7) is 3.48. The average molecular weight is 489 g/mol. The van der Waals surface area contributed by atoms with Crippen LogP contribution in [-0.4, -0.2) is 39.6 Å². The van der Waals surface area contributed by atoms with Crippen LogP contribution in [0.4, 0.5) is 0 Å². The maximum atomic E-state index is 13.9. The monoisotopic (exact) mass is 488 g/mol. The lowest BCUT2D eigenvalue weighted by molar-refractivity contribution is -0.156. The van der Waals surface area contributed by atoms with Crippen molar-refractivity contribution in [1.82, 2.24) is 10.0 Å². The molecule has 0 radical (unpaired) electrons. The number of carbonyl (C=O) groups is 4. The highest BCUT2D eigenvalue weighted by Gasteiger charge is 2.68. The van der Waals surface area contributed by atoms with E-state index in [4.69, 9.17) is 11.6 Å². The molecule has 3 amide bonds. The van der Waals surface area contributed by atoms with Crippen LogP contribution in [0.25, 0.3) is 0 Å². The average Bonchev–Trinajstić information content (AvgIpc) is 3.64. The molecule has 178 valence electrons. The number of Topliss-reactive ketones (excluding diaryl/α,β-unsaturated/α-hetero) is 1. The van der Waals surface area contributed by atoms with E-state index >= 15 is 0 Å². The molecule has 1 heterocycles. The van der Waals surface area contributed by atoms with Crippen molar-refractivity contribution in [3.63, 3.8) is 0 Å². The van der Waals surface area contributed by atoms with Crippen molar-refractivity contribution in [2.75, 3.05) is 0 Å². The highest BCUT2D eigenvalue weighted by molar-refractivity contribution is 6.34. The van der Waals surface area contributed by atoms with E-state index in [-0.39, 0.29) is 28.2 Å². The molecule has 5 aliphatic rings. The van der Waals surface area contributed by atoms with E-state index in [2.05, 4.69) is 12.2 Å². The number of benzene rings is 2. The molecule has 2 aromatic carbocycles. The van der Waals surface area contributed by atoms with Gasteiger partial charge in [-0.2, -0.15) is 5.01 Å². The molecule has 35 heavy (non-hydrogen) atoms. The molecule has 2 saturated carbocycles. The number of aryl methyl sites for hydroxylation is 1. The molecule has 2 bridgehead atoms. The number of amides is 3. The highest BCUT2D eigenvalue weighted by Crippen LogP contribution is 2.65. The van der Waals surface area contributed by atoms with Crippen LogP contribution in [0.1, 0.15) is 39.6 Å². The Balaban J connectivity index is 1.41. The lowest BCUT2D eigenvalue weighted by Gasteiger charge is -2.37. The number of imide groups is 1. The number of hydrogen-bond donors (Lipinski definition) is 0. The largest absolute Gasteiger partial charge is 0.292 e. The first-order chi connectivity index (χ1) is 16.8. The molecule has 0 aromatic heterocycles. The molecule has 2 aromatic rings. The van der Waals surface area contributed by atoms with E-state index in [1.54, 1.807) is 43.3 Å². The van der Waals surface area contributed by atoms with Gasteiger partial charge < -0.3 is 0 Å². The summed E-state index contributed by atoms with van der Waals surface area (Å²) in [5.41, 5.74) is 1.53. The zero-order chi connectivity index (χ0) is 24.6. The van der Waals surface area contributed by atoms with Gasteiger partial charge in [-0.05, 0) is 56.1 Å². The standard InChI is InChI=1S/C28H25ClN2O4/c1-14-7-9-16(10-8-14)25(32)15(2)30(26(33)19-5-3-4-6-22(19)29)31-27(34)23-17-11-12-18(21-13-20(17)21)24(23)28(31)35/h3-12,15,17-18,20-21,23-24H,13H2,1-2H3/t15-,17-,18-,20-,21-,23+,24+/m0/s1. The number of carbonyl (C=O) groups excluding carboxylic acids is 4. The van der Waals surface area contributed by atoms with Crippen LogP contribution in [0.5, 0.6) is 0 Å². The molecule has 1 saturated heterocycles. The molecule has 6 nitrogen and oxygen atoms in total. The molecule has 3 fully saturated rings. The molecule has 4 aliphatic carbocycles. The number of hydrogen-bond acceptors (Lipinski definition) is 4. The smallest absolute Gasteiger partial charge is 0.275 e. The first kappa shape index (κ1) is 22.2. The first-order valence-electron chi connectivity index (χ1n) is 12.0. The van der Waals surface area contributed by atoms with Crippen LogP contribution in [0, 0.1) is 42.4 Å². The number of hydrazine groups is 1. The van der Waals surface area contributed by atoms with E-state index in [1.165, 1.54) is 0 Å². The van der Waals surface area contributed by atoms with Gasteiger partial charge in [-0.25, -0.2) is 5.01 Å². The van der Waals surface area contributed by atoms with Gasteiger partial charge in [-0.3, -0.25) is 19.2 Å². The third-order valence-electron chi connectivity index (χ3n) is 8.25. The molecule has 0 unspecified atom stereocenters. The minimum absolute atomic E-state index is 0.0109. The lowest BCUT2D eigenvalue weighted by atomic mass is 9.63. The number of nitrogens with zero attached hydrogens (tertiary/aromatic N) is 2. The predicted molar refractivity (Wildman–Crippen MR) is 129 cm³/mol. The number of rotatable bonds is 5. The summed E-state index contributed by atoms with van der Waals surface area (Å²) in [7, 11) is 0. The summed E-state index contributed by atoms with van der Waals surface area (Å²) in [4.78, 5) is 55.0. The molecule has 7 atom stereocenters. The fraction of sp³-hybridized carbons (Fsp3) is 0.357. The fourth-order valence-electron chi connectivity index (χ4n) is 6.42. The summed E-state index contributed by atoms with van der Waals surface area (Å²) >= 11 is 6.33. The van der Waals surface area contributed by atoms with Gasteiger partial charge in [0.15, 0.2) is 5.78 Å². The van der Waals surface area contributed by atoms with Crippen LogP contribution in [0.3, 0.4) is 0 Å². The number of allylic oxidation sites excluding steroid dienone is 2. The van der Waals surface area contributed by atoms with Gasteiger partial charge in [0.05, 0.1) is 22.4 Å². The lowest BCUT2D eigenvalue weighted by Crippen LogP contribution is -2.56. The topological polar surface area (TPSA) is 74.8 Å². The van der Waals surface area contributed by atoms with Gasteiger partial charge in [-0.15, -0.1) is 0 Å². The normalized spacial score (nSPS) is 30.7. The third-order valence-corrected chi connectivity index (χ3v) is 8.58. The van der Waals surface area contributed by atoms with Gasteiger partial charge in [0.25, 0.3) is 17.7 Å². The Morgan fingerprint density at radius 2 is 1.51 bits per heavy atom. The van der Waals surface area contributed by atoms with Gasteiger partial charge in [0, 0.05) is 5.56 Å². The van der Waals surface area contributed by atoms with E-state index in [1.807, 2.05) is 19.1 Å². The maximum Gasteiger partial charge on any atom is 0.275 e. The zero-order valence-electron chi connectivity index (χ0n) is 19.4. The molecule has 7 rings (SSSR count). The van der Waals surface area contributed by atoms with E-state index in [0.717, 1.165) is 22.0 Å². The van der Waals surface area contributed by atoms with Crippen LogP contribution < -0.4 is 0 Å². The first-order valence-corrected chi connectivity index (χ1v) is 12.4. The van der Waals surface area contributed by atoms with Crippen molar-refractivity contribution in [3.8, 4) is 0 Å². The highest BCUT2D eigenvalue weighted by atomic mass is 35.5. The summed E-state index contributed by atoms with van der Waals surface area (Å²) in [5, 5.41) is 2.21. The Bertz CT molecular complexity index is 1270. The van der Waals surface area contributed by atoms with Gasteiger partial charge in [-0.1, -0.05) is 65.7 Å². The van der Waals surface area contributed by atoms with Gasteiger partial charge in [0.2, 0.25) is 0 Å². The summed E-state index contributed by atoms with van der Waals surface area (Å²) in [6, 6.07) is 12.4. The second-order valence-electron chi connectivity index (χ2n) is 10.2. The van der Waals surface area contributed by atoms with Crippen molar-refractivity contribution in [2.24, 2.45) is 35.5 Å². The molecule has 7 heteroatoms. The quantitative estimate of drug-likeness (QED) is 0.356. The maximum absolute atomic E-state index is 13.9. The van der Waals surface area contributed by atoms with E-state index in [9.17, 15) is 19.2 Å². The Kier molecular flexibility index (Phi) is 5.01. The Morgan fingerprint density at radius 3 is 2.09 bits per heavy atom. The van der Waals surface area contributed by atoms with Crippen molar-refractivity contribution >= 4 is 35.1 Å². The van der Waals surface area contributed by atoms with Crippen LogP contribution in [0.2, 0.25) is 5.02 Å². The third kappa shape index (κ3) is 3.23.